The molecule has 2 N–H and O–H groups in total. The van der Waals surface area contributed by atoms with Gasteiger partial charge in [-0.1, -0.05) is 20.3 Å². The fraction of sp³-hybridized carbons (Fsp3) is 0.947. The zero-order chi connectivity index (χ0) is 15.8. The van der Waals surface area contributed by atoms with E-state index in [1.165, 1.54) is 25.7 Å². The van der Waals surface area contributed by atoms with Crippen LogP contribution in [0.25, 0.3) is 0 Å². The van der Waals surface area contributed by atoms with Crippen LogP contribution in [0.4, 0.5) is 0 Å². The van der Waals surface area contributed by atoms with Gasteiger partial charge >= 0.3 is 0 Å². The molecule has 4 saturated carbocycles. The predicted octanol–water partition coefficient (Wildman–Crippen LogP) is 3.07. The number of hydrogen-bond acceptors (Lipinski definition) is 3. The molecule has 0 amide bonds. The summed E-state index contributed by atoms with van der Waals surface area (Å²) in [5.74, 6) is 1.61. The van der Waals surface area contributed by atoms with Gasteiger partial charge in [-0.2, -0.15) is 0 Å². The molecular formula is C19H30O3. The van der Waals surface area contributed by atoms with Crippen molar-refractivity contribution in [2.24, 2.45) is 28.6 Å². The van der Waals surface area contributed by atoms with E-state index in [1.54, 1.807) is 0 Å². The quantitative estimate of drug-likeness (QED) is 0.723. The Morgan fingerprint density at radius 3 is 2.59 bits per heavy atom. The lowest BCUT2D eigenvalue weighted by Gasteiger charge is -2.62. The van der Waals surface area contributed by atoms with E-state index in [2.05, 4.69) is 13.8 Å². The van der Waals surface area contributed by atoms with Gasteiger partial charge in [0.25, 0.3) is 0 Å². The first-order valence-corrected chi connectivity index (χ1v) is 9.24. The molecule has 7 atom stereocenters. The molecule has 0 bridgehead atoms. The molecule has 4 aliphatic carbocycles. The second-order valence-corrected chi connectivity index (χ2v) is 9.26. The normalized spacial score (nSPS) is 57.9. The SMILES string of the molecule is C[C@@]12CCC[C@H]1[C@@H]1CC(=O)[C@@]3(O)C[C@@H](O)CC[C@]3(C)[C@H]1CC2. The molecule has 0 aromatic carbocycles. The molecule has 0 aromatic heterocycles. The van der Waals surface area contributed by atoms with Crippen LogP contribution >= 0.6 is 0 Å². The average molecular weight is 306 g/mol. The second kappa shape index (κ2) is 4.57. The highest BCUT2D eigenvalue weighted by atomic mass is 16.3. The van der Waals surface area contributed by atoms with Crippen LogP contribution in [0.3, 0.4) is 0 Å². The molecule has 124 valence electrons. The first-order valence-electron chi connectivity index (χ1n) is 9.24. The molecule has 4 fully saturated rings. The first kappa shape index (κ1) is 15.1. The van der Waals surface area contributed by atoms with E-state index in [0.717, 1.165) is 19.3 Å². The van der Waals surface area contributed by atoms with Gasteiger partial charge in [0.2, 0.25) is 0 Å². The van der Waals surface area contributed by atoms with E-state index in [0.29, 0.717) is 29.6 Å². The zero-order valence-electron chi connectivity index (χ0n) is 14.0. The van der Waals surface area contributed by atoms with Gasteiger partial charge in [0.15, 0.2) is 5.78 Å². The van der Waals surface area contributed by atoms with Crippen LogP contribution < -0.4 is 0 Å². The summed E-state index contributed by atoms with van der Waals surface area (Å²) >= 11 is 0. The van der Waals surface area contributed by atoms with Crippen LogP contribution in [-0.2, 0) is 4.79 Å². The molecule has 0 aromatic rings. The smallest absolute Gasteiger partial charge is 0.165 e. The van der Waals surface area contributed by atoms with Crippen molar-refractivity contribution >= 4 is 5.78 Å². The Morgan fingerprint density at radius 1 is 1.05 bits per heavy atom. The van der Waals surface area contributed by atoms with Gasteiger partial charge in [-0.25, -0.2) is 0 Å². The molecule has 4 aliphatic rings. The standard InChI is InChI=1S/C19H30O3/c1-17-7-3-4-14(17)13-10-16(21)19(22)11-12(20)5-9-18(19,2)15(13)6-8-17/h12-15,20,22H,3-11H2,1-2H3/t12-,13-,14-,15-,17-,18+,19-/m0/s1. The first-order chi connectivity index (χ1) is 10.3. The minimum atomic E-state index is -1.28. The van der Waals surface area contributed by atoms with Crippen LogP contribution in [0.5, 0.6) is 0 Å². The minimum Gasteiger partial charge on any atom is -0.393 e. The lowest BCUT2D eigenvalue weighted by Crippen LogP contribution is -2.66. The monoisotopic (exact) mass is 306 g/mol. The Bertz CT molecular complexity index is 503. The van der Waals surface area contributed by atoms with Gasteiger partial charge in [-0.3, -0.25) is 4.79 Å². The number of Topliss-reactive ketones (excluding diaryl/α,β-unsaturated/α-hetero) is 1. The van der Waals surface area contributed by atoms with E-state index in [9.17, 15) is 15.0 Å². The van der Waals surface area contributed by atoms with Crippen LogP contribution in [0.15, 0.2) is 0 Å². The largest absolute Gasteiger partial charge is 0.393 e. The molecule has 0 saturated heterocycles. The summed E-state index contributed by atoms with van der Waals surface area (Å²) in [6, 6.07) is 0. The average Bonchev–Trinajstić information content (AvgIpc) is 2.84. The number of carbonyl (C=O) groups excluding carboxylic acids is 1. The summed E-state index contributed by atoms with van der Waals surface area (Å²) < 4.78 is 0. The molecule has 0 aliphatic heterocycles. The lowest BCUT2D eigenvalue weighted by atomic mass is 9.43. The summed E-state index contributed by atoms with van der Waals surface area (Å²) in [4.78, 5) is 12.9. The van der Waals surface area contributed by atoms with Gasteiger partial charge in [0, 0.05) is 18.3 Å². The lowest BCUT2D eigenvalue weighted by molar-refractivity contribution is -0.211. The maximum absolute atomic E-state index is 12.9. The molecular weight excluding hydrogens is 276 g/mol. The van der Waals surface area contributed by atoms with Crippen molar-refractivity contribution < 1.29 is 15.0 Å². The van der Waals surface area contributed by atoms with Crippen molar-refractivity contribution in [3.8, 4) is 0 Å². The number of aliphatic hydroxyl groups excluding tert-OH is 1. The number of ketones is 1. The van der Waals surface area contributed by atoms with Crippen molar-refractivity contribution in [2.75, 3.05) is 0 Å². The Hall–Kier alpha value is -0.410. The maximum atomic E-state index is 12.9. The highest BCUT2D eigenvalue weighted by molar-refractivity contribution is 5.89. The molecule has 3 nitrogen and oxygen atoms in total. The van der Waals surface area contributed by atoms with Gasteiger partial charge in [-0.15, -0.1) is 0 Å². The number of aliphatic hydroxyl groups is 2. The van der Waals surface area contributed by atoms with Crippen LogP contribution in [0.2, 0.25) is 0 Å². The third-order valence-corrected chi connectivity index (χ3v) is 8.39. The number of hydrogen-bond donors (Lipinski definition) is 2. The maximum Gasteiger partial charge on any atom is 0.165 e. The van der Waals surface area contributed by atoms with Gasteiger partial charge in [0.1, 0.15) is 5.60 Å². The highest BCUT2D eigenvalue weighted by Gasteiger charge is 2.66. The second-order valence-electron chi connectivity index (χ2n) is 9.26. The van der Waals surface area contributed by atoms with E-state index in [1.807, 2.05) is 0 Å². The Kier molecular flexibility index (Phi) is 3.14. The summed E-state index contributed by atoms with van der Waals surface area (Å²) in [7, 11) is 0. The van der Waals surface area contributed by atoms with Crippen molar-refractivity contribution in [3.63, 3.8) is 0 Å². The zero-order valence-corrected chi connectivity index (χ0v) is 14.0. The highest BCUT2D eigenvalue weighted by Crippen LogP contribution is 2.66. The van der Waals surface area contributed by atoms with E-state index >= 15 is 0 Å². The molecule has 4 rings (SSSR count). The summed E-state index contributed by atoms with van der Waals surface area (Å²) in [5.41, 5.74) is -1.17. The fourth-order valence-corrected chi connectivity index (χ4v) is 7.01. The third-order valence-electron chi connectivity index (χ3n) is 8.39. The van der Waals surface area contributed by atoms with Crippen LogP contribution in [0.1, 0.15) is 71.6 Å². The van der Waals surface area contributed by atoms with E-state index in [-0.39, 0.29) is 17.6 Å². The molecule has 0 radical (unpaired) electrons. The third kappa shape index (κ3) is 1.73. The van der Waals surface area contributed by atoms with Crippen molar-refractivity contribution in [2.45, 2.75) is 83.3 Å². The van der Waals surface area contributed by atoms with E-state index in [4.69, 9.17) is 0 Å². The van der Waals surface area contributed by atoms with Crippen molar-refractivity contribution in [3.05, 3.63) is 0 Å². The molecule has 0 spiro atoms. The van der Waals surface area contributed by atoms with Crippen LogP contribution in [0, 0.1) is 28.6 Å². The van der Waals surface area contributed by atoms with Crippen LogP contribution in [-0.4, -0.2) is 27.7 Å². The minimum absolute atomic E-state index is 0.0196. The van der Waals surface area contributed by atoms with Gasteiger partial charge < -0.3 is 10.2 Å². The Morgan fingerprint density at radius 2 is 1.82 bits per heavy atom. The molecule has 3 heteroatoms. The molecule has 0 unspecified atom stereocenters. The van der Waals surface area contributed by atoms with Gasteiger partial charge in [-0.05, 0) is 61.7 Å². The summed E-state index contributed by atoms with van der Waals surface area (Å²) in [6.45, 7) is 4.57. The number of rotatable bonds is 0. The van der Waals surface area contributed by atoms with Gasteiger partial charge in [0.05, 0.1) is 6.10 Å². The van der Waals surface area contributed by atoms with Crippen molar-refractivity contribution in [1.29, 1.82) is 0 Å². The summed E-state index contributed by atoms with van der Waals surface area (Å²) in [5, 5.41) is 21.2. The Balaban J connectivity index is 1.73. The molecule has 0 heterocycles. The fourth-order valence-electron chi connectivity index (χ4n) is 7.01. The summed E-state index contributed by atoms with van der Waals surface area (Å²) in [6.07, 6.45) is 8.10. The topological polar surface area (TPSA) is 57.5 Å². The Labute approximate surface area is 133 Å². The van der Waals surface area contributed by atoms with E-state index < -0.39 is 11.7 Å². The number of carbonyl (C=O) groups is 1. The van der Waals surface area contributed by atoms with Crippen molar-refractivity contribution in [1.82, 2.24) is 0 Å². The predicted molar refractivity (Wildman–Crippen MR) is 84.2 cm³/mol. The number of fused-ring (bicyclic) bond motifs is 5. The molecule has 22 heavy (non-hydrogen) atoms.